The van der Waals surface area contributed by atoms with Crippen LogP contribution in [0.1, 0.15) is 21.7 Å². The number of amides is 1. The Bertz CT molecular complexity index is 1490. The monoisotopic (exact) mass is 422 g/mol. The Labute approximate surface area is 184 Å². The van der Waals surface area contributed by atoms with E-state index in [0.717, 1.165) is 27.7 Å². The maximum absolute atomic E-state index is 13.4. The molecule has 0 aliphatic rings. The van der Waals surface area contributed by atoms with Gasteiger partial charge in [-0.1, -0.05) is 54.1 Å². The fourth-order valence-electron chi connectivity index (χ4n) is 4.10. The average Bonchev–Trinajstić information content (AvgIpc) is 3.23. The summed E-state index contributed by atoms with van der Waals surface area (Å²) in [7, 11) is 1.62. The van der Waals surface area contributed by atoms with E-state index in [1.165, 1.54) is 4.57 Å². The van der Waals surface area contributed by atoms with E-state index < -0.39 is 0 Å². The third-order valence-corrected chi connectivity index (χ3v) is 5.74. The zero-order chi connectivity index (χ0) is 22.2. The van der Waals surface area contributed by atoms with Crippen LogP contribution >= 0.6 is 0 Å². The number of aromatic amines is 1. The number of nitrogens with zero attached hydrogens (tertiary/aromatic N) is 2. The van der Waals surface area contributed by atoms with Crippen molar-refractivity contribution in [3.8, 4) is 11.1 Å². The molecule has 6 heteroatoms. The molecule has 0 saturated carbocycles. The molecule has 5 aromatic rings. The van der Waals surface area contributed by atoms with E-state index in [-0.39, 0.29) is 11.5 Å². The number of hydrogen-bond donors (Lipinski definition) is 2. The summed E-state index contributed by atoms with van der Waals surface area (Å²) in [6.45, 7) is 2.33. The van der Waals surface area contributed by atoms with Crippen molar-refractivity contribution in [2.75, 3.05) is 0 Å². The number of aryl methyl sites for hydroxylation is 1. The molecule has 2 aromatic carbocycles. The van der Waals surface area contributed by atoms with Gasteiger partial charge in [-0.2, -0.15) is 0 Å². The van der Waals surface area contributed by atoms with Crippen LogP contribution in [0.3, 0.4) is 0 Å². The predicted octanol–water partition coefficient (Wildman–Crippen LogP) is 4.32. The molecule has 1 amide bonds. The molecule has 6 nitrogen and oxygen atoms in total. The van der Waals surface area contributed by atoms with Crippen molar-refractivity contribution in [2.45, 2.75) is 13.5 Å². The molecule has 0 spiro atoms. The second-order valence-electron chi connectivity index (χ2n) is 7.92. The van der Waals surface area contributed by atoms with Gasteiger partial charge in [0.15, 0.2) is 0 Å². The van der Waals surface area contributed by atoms with Crippen LogP contribution in [0.2, 0.25) is 0 Å². The second-order valence-corrected chi connectivity index (χ2v) is 7.92. The van der Waals surface area contributed by atoms with Crippen molar-refractivity contribution < 1.29 is 4.79 Å². The summed E-state index contributed by atoms with van der Waals surface area (Å²) in [6, 6.07) is 21.5. The fraction of sp³-hybridized carbons (Fsp3) is 0.115. The number of aromatic nitrogens is 3. The van der Waals surface area contributed by atoms with Crippen molar-refractivity contribution in [3.63, 3.8) is 0 Å². The second kappa shape index (κ2) is 7.81. The van der Waals surface area contributed by atoms with Crippen LogP contribution in [0.15, 0.2) is 77.7 Å². The Balaban J connectivity index is 1.61. The van der Waals surface area contributed by atoms with Gasteiger partial charge in [-0.3, -0.25) is 14.6 Å². The number of benzene rings is 2. The Morgan fingerprint density at radius 3 is 2.62 bits per heavy atom. The average molecular weight is 422 g/mol. The van der Waals surface area contributed by atoms with Gasteiger partial charge in [-0.25, -0.2) is 0 Å². The first kappa shape index (κ1) is 19.8. The predicted molar refractivity (Wildman–Crippen MR) is 127 cm³/mol. The molecule has 3 heterocycles. The van der Waals surface area contributed by atoms with E-state index in [1.54, 1.807) is 19.3 Å². The van der Waals surface area contributed by atoms with Gasteiger partial charge in [0.25, 0.3) is 11.5 Å². The first-order valence-corrected chi connectivity index (χ1v) is 10.4. The zero-order valence-electron chi connectivity index (χ0n) is 17.8. The van der Waals surface area contributed by atoms with Crippen LogP contribution in [0.25, 0.3) is 32.9 Å². The van der Waals surface area contributed by atoms with Gasteiger partial charge in [0.2, 0.25) is 0 Å². The lowest BCUT2D eigenvalue weighted by atomic mass is 9.97. The molecule has 0 aliphatic carbocycles. The van der Waals surface area contributed by atoms with Crippen LogP contribution in [-0.2, 0) is 13.6 Å². The number of nitrogens with one attached hydrogen (secondary N) is 2. The quantitative estimate of drug-likeness (QED) is 0.453. The molecular weight excluding hydrogens is 400 g/mol. The Morgan fingerprint density at radius 2 is 1.84 bits per heavy atom. The summed E-state index contributed by atoms with van der Waals surface area (Å²) in [5.41, 5.74) is 4.95. The van der Waals surface area contributed by atoms with Crippen LogP contribution in [-0.4, -0.2) is 20.4 Å². The van der Waals surface area contributed by atoms with Gasteiger partial charge >= 0.3 is 0 Å². The molecule has 3 aromatic heterocycles. The summed E-state index contributed by atoms with van der Waals surface area (Å²) >= 11 is 0. The molecule has 5 rings (SSSR count). The number of pyridine rings is 2. The number of fused-ring (bicyclic) bond motifs is 2. The van der Waals surface area contributed by atoms with Crippen LogP contribution in [0.4, 0.5) is 0 Å². The van der Waals surface area contributed by atoms with Gasteiger partial charge in [0, 0.05) is 35.4 Å². The minimum atomic E-state index is -0.315. The smallest absolute Gasteiger partial charge is 0.277 e. The summed E-state index contributed by atoms with van der Waals surface area (Å²) in [5.74, 6) is -0.315. The third-order valence-electron chi connectivity index (χ3n) is 5.74. The maximum atomic E-state index is 13.4. The molecular formula is C26H22N4O2. The van der Waals surface area contributed by atoms with E-state index in [4.69, 9.17) is 0 Å². The molecule has 2 N–H and O–H groups in total. The Morgan fingerprint density at radius 1 is 1.06 bits per heavy atom. The van der Waals surface area contributed by atoms with Crippen molar-refractivity contribution in [3.05, 3.63) is 100 Å². The highest BCUT2D eigenvalue weighted by atomic mass is 16.2. The number of carbonyl (C=O) groups excluding carboxylic acids is 1. The summed E-state index contributed by atoms with van der Waals surface area (Å²) in [5, 5.41) is 4.73. The lowest BCUT2D eigenvalue weighted by molar-refractivity contribution is 0.0942. The van der Waals surface area contributed by atoms with Gasteiger partial charge in [-0.15, -0.1) is 0 Å². The molecule has 32 heavy (non-hydrogen) atoms. The fourth-order valence-corrected chi connectivity index (χ4v) is 4.10. The van der Waals surface area contributed by atoms with Crippen LogP contribution in [0.5, 0.6) is 0 Å². The van der Waals surface area contributed by atoms with E-state index in [0.29, 0.717) is 28.7 Å². The highest BCUT2D eigenvalue weighted by Crippen LogP contribution is 2.30. The molecule has 0 atom stereocenters. The molecule has 158 valence electrons. The van der Waals surface area contributed by atoms with E-state index in [2.05, 4.69) is 15.3 Å². The van der Waals surface area contributed by atoms with Gasteiger partial charge in [0.1, 0.15) is 11.2 Å². The number of rotatable bonds is 4. The summed E-state index contributed by atoms with van der Waals surface area (Å²) < 4.78 is 1.39. The number of para-hydroxylation sites is 1. The van der Waals surface area contributed by atoms with Crippen molar-refractivity contribution >= 4 is 27.7 Å². The zero-order valence-corrected chi connectivity index (χ0v) is 17.8. The van der Waals surface area contributed by atoms with Crippen molar-refractivity contribution in [1.82, 2.24) is 19.9 Å². The van der Waals surface area contributed by atoms with Crippen LogP contribution in [0, 0.1) is 6.92 Å². The number of hydrogen-bond acceptors (Lipinski definition) is 3. The summed E-state index contributed by atoms with van der Waals surface area (Å²) in [4.78, 5) is 34.0. The van der Waals surface area contributed by atoms with Crippen molar-refractivity contribution in [1.29, 1.82) is 0 Å². The SMILES string of the molecule is Cc1ccc(-c2c(C(=O)NCc3cc4ccccc4[nH]3)n(C)c(=O)c3ncccc23)cc1. The largest absolute Gasteiger partial charge is 0.357 e. The molecule has 0 fully saturated rings. The number of carbonyl (C=O) groups is 1. The minimum absolute atomic E-state index is 0.299. The summed E-state index contributed by atoms with van der Waals surface area (Å²) in [6.07, 6.45) is 1.60. The topological polar surface area (TPSA) is 79.8 Å². The lowest BCUT2D eigenvalue weighted by Crippen LogP contribution is -2.32. The van der Waals surface area contributed by atoms with Crippen LogP contribution < -0.4 is 10.9 Å². The van der Waals surface area contributed by atoms with Gasteiger partial charge < -0.3 is 14.9 Å². The van der Waals surface area contributed by atoms with E-state index in [9.17, 15) is 9.59 Å². The van der Waals surface area contributed by atoms with Gasteiger partial charge in [-0.05, 0) is 36.1 Å². The lowest BCUT2D eigenvalue weighted by Gasteiger charge is -2.17. The molecule has 0 aliphatic heterocycles. The Kier molecular flexibility index (Phi) is 4.82. The standard InChI is InChI=1S/C26H22N4O2/c1-16-9-11-17(12-10-16)22-20-7-5-13-27-23(20)26(32)30(2)24(22)25(31)28-15-19-14-18-6-3-4-8-21(18)29-19/h3-14,29H,15H2,1-2H3,(H,28,31). The van der Waals surface area contributed by atoms with Crippen molar-refractivity contribution in [2.24, 2.45) is 7.05 Å². The third kappa shape index (κ3) is 3.36. The highest BCUT2D eigenvalue weighted by molar-refractivity contribution is 6.07. The number of H-pyrrole nitrogens is 1. The van der Waals surface area contributed by atoms with E-state index >= 15 is 0 Å². The molecule has 0 radical (unpaired) electrons. The molecule has 0 unspecified atom stereocenters. The highest BCUT2D eigenvalue weighted by Gasteiger charge is 2.22. The Hall–Kier alpha value is -4.19. The molecule has 0 bridgehead atoms. The minimum Gasteiger partial charge on any atom is -0.357 e. The molecule has 0 saturated heterocycles. The van der Waals surface area contributed by atoms with Gasteiger partial charge in [0.05, 0.1) is 6.54 Å². The van der Waals surface area contributed by atoms with E-state index in [1.807, 2.05) is 67.6 Å². The first-order chi connectivity index (χ1) is 15.5. The maximum Gasteiger partial charge on any atom is 0.277 e. The normalized spacial score (nSPS) is 11.2. The first-order valence-electron chi connectivity index (χ1n) is 10.4.